The van der Waals surface area contributed by atoms with Gasteiger partial charge in [-0.2, -0.15) is 5.10 Å². The van der Waals surface area contributed by atoms with Gasteiger partial charge in [0.15, 0.2) is 6.61 Å². The van der Waals surface area contributed by atoms with E-state index in [2.05, 4.69) is 15.7 Å². The number of benzene rings is 3. The fourth-order valence-corrected chi connectivity index (χ4v) is 3.77. The van der Waals surface area contributed by atoms with Gasteiger partial charge >= 0.3 is 5.97 Å². The standard InChI is InChI=1S/C28H26N4O4/c1-18-9-14-23(19(2)15-18)26-24(16-32(31-26)22-7-5-4-6-8-22)28(35)36-17-25(33)30-21-12-10-20(11-13-21)27(34)29-3/h4-16H,17H2,1-3H3,(H,29,34)(H,30,33). The van der Waals surface area contributed by atoms with Crippen LogP contribution in [0.5, 0.6) is 0 Å². The zero-order valence-electron chi connectivity index (χ0n) is 20.2. The Hall–Kier alpha value is -4.72. The lowest BCUT2D eigenvalue weighted by molar-refractivity contribution is -0.119. The summed E-state index contributed by atoms with van der Waals surface area (Å²) in [5, 5.41) is 9.86. The van der Waals surface area contributed by atoms with E-state index < -0.39 is 18.5 Å². The Morgan fingerprint density at radius 2 is 1.67 bits per heavy atom. The Kier molecular flexibility index (Phi) is 7.25. The Morgan fingerprint density at radius 3 is 2.33 bits per heavy atom. The molecule has 8 nitrogen and oxygen atoms in total. The zero-order chi connectivity index (χ0) is 25.7. The summed E-state index contributed by atoms with van der Waals surface area (Å²) in [5.41, 5.74) is 5.36. The number of carbonyl (C=O) groups excluding carboxylic acids is 3. The lowest BCUT2D eigenvalue weighted by atomic mass is 10.0. The zero-order valence-corrected chi connectivity index (χ0v) is 20.2. The molecule has 0 radical (unpaired) electrons. The Bertz CT molecular complexity index is 1410. The molecule has 0 spiro atoms. The lowest BCUT2D eigenvalue weighted by Gasteiger charge is -2.09. The predicted octanol–water partition coefficient (Wildman–Crippen LogP) is 4.31. The minimum Gasteiger partial charge on any atom is -0.452 e. The van der Waals surface area contributed by atoms with E-state index in [9.17, 15) is 14.4 Å². The summed E-state index contributed by atoms with van der Waals surface area (Å²) < 4.78 is 6.97. The number of hydrogen-bond donors (Lipinski definition) is 2. The highest BCUT2D eigenvalue weighted by atomic mass is 16.5. The second-order valence-corrected chi connectivity index (χ2v) is 8.27. The third-order valence-electron chi connectivity index (χ3n) is 5.58. The van der Waals surface area contributed by atoms with Crippen molar-refractivity contribution < 1.29 is 19.1 Å². The Morgan fingerprint density at radius 1 is 0.944 bits per heavy atom. The van der Waals surface area contributed by atoms with Gasteiger partial charge in [0, 0.05) is 30.1 Å². The van der Waals surface area contributed by atoms with Gasteiger partial charge in [-0.15, -0.1) is 0 Å². The highest BCUT2D eigenvalue weighted by Gasteiger charge is 2.22. The predicted molar refractivity (Wildman–Crippen MR) is 137 cm³/mol. The van der Waals surface area contributed by atoms with E-state index in [1.54, 1.807) is 42.2 Å². The average Bonchev–Trinajstić information content (AvgIpc) is 3.33. The summed E-state index contributed by atoms with van der Waals surface area (Å²) in [5.74, 6) is -1.38. The van der Waals surface area contributed by atoms with Crippen molar-refractivity contribution in [2.45, 2.75) is 13.8 Å². The highest BCUT2D eigenvalue weighted by Crippen LogP contribution is 2.28. The van der Waals surface area contributed by atoms with Gasteiger partial charge in [0.1, 0.15) is 11.3 Å². The topological polar surface area (TPSA) is 102 Å². The fourth-order valence-electron chi connectivity index (χ4n) is 3.77. The third kappa shape index (κ3) is 5.50. The van der Waals surface area contributed by atoms with Crippen LogP contribution < -0.4 is 10.6 Å². The molecule has 0 aliphatic rings. The molecule has 1 heterocycles. The van der Waals surface area contributed by atoms with Crippen molar-refractivity contribution >= 4 is 23.5 Å². The van der Waals surface area contributed by atoms with Crippen molar-refractivity contribution in [1.82, 2.24) is 15.1 Å². The van der Waals surface area contributed by atoms with Crippen LogP contribution >= 0.6 is 0 Å². The maximum atomic E-state index is 13.1. The molecule has 0 fully saturated rings. The van der Waals surface area contributed by atoms with Gasteiger partial charge in [-0.3, -0.25) is 9.59 Å². The molecule has 2 amide bonds. The van der Waals surface area contributed by atoms with Crippen LogP contribution in [0.3, 0.4) is 0 Å². The number of esters is 1. The molecule has 0 bridgehead atoms. The second-order valence-electron chi connectivity index (χ2n) is 8.27. The molecule has 182 valence electrons. The molecule has 0 saturated heterocycles. The molecule has 2 N–H and O–H groups in total. The van der Waals surface area contributed by atoms with E-state index >= 15 is 0 Å². The molecule has 3 aromatic carbocycles. The van der Waals surface area contributed by atoms with E-state index in [0.29, 0.717) is 16.9 Å². The molecule has 4 rings (SSSR count). The number of carbonyl (C=O) groups is 3. The summed E-state index contributed by atoms with van der Waals surface area (Å²) in [6.07, 6.45) is 1.61. The molecule has 0 unspecified atom stereocenters. The van der Waals surface area contributed by atoms with Crippen LogP contribution in [0.4, 0.5) is 5.69 Å². The van der Waals surface area contributed by atoms with Crippen LogP contribution in [0.25, 0.3) is 16.9 Å². The Balaban J connectivity index is 1.52. The van der Waals surface area contributed by atoms with Gasteiger partial charge in [-0.05, 0) is 55.8 Å². The van der Waals surface area contributed by atoms with Crippen LogP contribution in [0.1, 0.15) is 31.8 Å². The molecule has 4 aromatic rings. The van der Waals surface area contributed by atoms with Gasteiger partial charge in [0.05, 0.1) is 5.69 Å². The van der Waals surface area contributed by atoms with Crippen LogP contribution in [0.2, 0.25) is 0 Å². The molecular weight excluding hydrogens is 456 g/mol. The summed E-state index contributed by atoms with van der Waals surface area (Å²) in [7, 11) is 1.54. The van der Waals surface area contributed by atoms with Crippen molar-refractivity contribution in [2.24, 2.45) is 0 Å². The van der Waals surface area contributed by atoms with Crippen molar-refractivity contribution in [2.75, 3.05) is 19.0 Å². The molecule has 0 aliphatic heterocycles. The number of aromatic nitrogens is 2. The molecular formula is C28H26N4O4. The number of para-hydroxylation sites is 1. The van der Waals surface area contributed by atoms with E-state index in [-0.39, 0.29) is 11.5 Å². The van der Waals surface area contributed by atoms with Crippen molar-refractivity contribution in [1.29, 1.82) is 0 Å². The van der Waals surface area contributed by atoms with Crippen molar-refractivity contribution in [3.63, 3.8) is 0 Å². The van der Waals surface area contributed by atoms with Crippen LogP contribution in [0.15, 0.2) is 79.0 Å². The molecule has 0 atom stereocenters. The van der Waals surface area contributed by atoms with Crippen LogP contribution in [-0.4, -0.2) is 41.2 Å². The summed E-state index contributed by atoms with van der Waals surface area (Å²) in [6.45, 7) is 3.49. The number of aryl methyl sites for hydroxylation is 2. The molecule has 36 heavy (non-hydrogen) atoms. The normalized spacial score (nSPS) is 10.5. The summed E-state index contributed by atoms with van der Waals surface area (Å²) in [6, 6.07) is 21.7. The third-order valence-corrected chi connectivity index (χ3v) is 5.58. The van der Waals surface area contributed by atoms with Gasteiger partial charge < -0.3 is 15.4 Å². The maximum Gasteiger partial charge on any atom is 0.342 e. The SMILES string of the molecule is CNC(=O)c1ccc(NC(=O)COC(=O)c2cn(-c3ccccc3)nc2-c2ccc(C)cc2C)cc1. The van der Waals surface area contributed by atoms with Gasteiger partial charge in [0.25, 0.3) is 11.8 Å². The number of nitrogens with one attached hydrogen (secondary N) is 2. The number of amides is 2. The van der Waals surface area contributed by atoms with E-state index in [4.69, 9.17) is 4.74 Å². The first-order chi connectivity index (χ1) is 17.4. The minimum absolute atomic E-state index is 0.225. The number of hydrogen-bond acceptors (Lipinski definition) is 5. The summed E-state index contributed by atoms with van der Waals surface area (Å²) >= 11 is 0. The van der Waals surface area contributed by atoms with Crippen LogP contribution in [-0.2, 0) is 9.53 Å². The number of nitrogens with zero attached hydrogens (tertiary/aromatic N) is 2. The average molecular weight is 483 g/mol. The van der Waals surface area contributed by atoms with Gasteiger partial charge in [-0.1, -0.05) is 42.0 Å². The van der Waals surface area contributed by atoms with E-state index in [0.717, 1.165) is 22.4 Å². The van der Waals surface area contributed by atoms with Crippen molar-refractivity contribution in [3.8, 4) is 16.9 Å². The molecule has 8 heteroatoms. The number of ether oxygens (including phenoxy) is 1. The number of rotatable bonds is 7. The van der Waals surface area contributed by atoms with E-state index in [1.165, 1.54) is 0 Å². The maximum absolute atomic E-state index is 13.1. The first kappa shape index (κ1) is 24.4. The highest BCUT2D eigenvalue weighted by molar-refractivity contribution is 5.99. The largest absolute Gasteiger partial charge is 0.452 e. The fraction of sp³-hybridized carbons (Fsp3) is 0.143. The molecule has 1 aromatic heterocycles. The Labute approximate surface area is 208 Å². The number of anilines is 1. The first-order valence-electron chi connectivity index (χ1n) is 11.4. The summed E-state index contributed by atoms with van der Waals surface area (Å²) in [4.78, 5) is 37.1. The van der Waals surface area contributed by atoms with E-state index in [1.807, 2.05) is 62.4 Å². The molecule has 0 saturated carbocycles. The van der Waals surface area contributed by atoms with Crippen molar-refractivity contribution in [3.05, 3.63) is 101 Å². The smallest absolute Gasteiger partial charge is 0.342 e. The second kappa shape index (κ2) is 10.7. The first-order valence-corrected chi connectivity index (χ1v) is 11.4. The quantitative estimate of drug-likeness (QED) is 0.382. The molecule has 0 aliphatic carbocycles. The van der Waals surface area contributed by atoms with Crippen LogP contribution in [0, 0.1) is 13.8 Å². The lowest BCUT2D eigenvalue weighted by Crippen LogP contribution is -2.21. The monoisotopic (exact) mass is 482 g/mol. The minimum atomic E-state index is -0.655. The van der Waals surface area contributed by atoms with Gasteiger partial charge in [0.2, 0.25) is 0 Å². The van der Waals surface area contributed by atoms with Gasteiger partial charge in [-0.25, -0.2) is 9.48 Å².